The van der Waals surface area contributed by atoms with Gasteiger partial charge in [0.25, 0.3) is 11.4 Å². The van der Waals surface area contributed by atoms with Crippen molar-refractivity contribution in [1.29, 1.82) is 0 Å². The number of hydrogen-bond acceptors (Lipinski definition) is 9. The topological polar surface area (TPSA) is 150 Å². The van der Waals surface area contributed by atoms with Crippen LogP contribution in [0.1, 0.15) is 46.0 Å². The van der Waals surface area contributed by atoms with Gasteiger partial charge in [-0.1, -0.05) is 31.2 Å². The van der Waals surface area contributed by atoms with E-state index in [-0.39, 0.29) is 34.2 Å². The van der Waals surface area contributed by atoms with E-state index in [0.29, 0.717) is 21.1 Å². The molecule has 1 N–H and O–H groups in total. The molecule has 0 heterocycles. The number of para-hydroxylation sites is 2. The molecule has 0 radical (unpaired) electrons. The van der Waals surface area contributed by atoms with Crippen molar-refractivity contribution >= 4 is 46.8 Å². The highest BCUT2D eigenvalue weighted by molar-refractivity contribution is 7.99. The maximum atomic E-state index is 13.1. The summed E-state index contributed by atoms with van der Waals surface area (Å²) in [5.74, 6) is -1.55. The molecular weight excluding hydrogens is 532 g/mol. The minimum atomic E-state index is -1.15. The molecule has 0 aliphatic heterocycles. The molecule has 3 aromatic rings. The van der Waals surface area contributed by atoms with Crippen LogP contribution in [0.2, 0.25) is 0 Å². The van der Waals surface area contributed by atoms with Crippen molar-refractivity contribution in [3.63, 3.8) is 0 Å². The van der Waals surface area contributed by atoms with Gasteiger partial charge in [0.2, 0.25) is 0 Å². The fraction of sp³-hybridized carbons (Fsp3) is 0.231. The lowest BCUT2D eigenvalue weighted by Crippen LogP contribution is -2.19. The number of benzene rings is 3. The van der Waals surface area contributed by atoms with E-state index in [1.54, 1.807) is 50.2 Å². The summed E-state index contributed by atoms with van der Waals surface area (Å²) < 4.78 is 5.59. The van der Waals surface area contributed by atoms with Crippen molar-refractivity contribution in [3.05, 3.63) is 104 Å². The van der Waals surface area contributed by atoms with Crippen LogP contribution in [-0.2, 0) is 4.74 Å². The maximum absolute atomic E-state index is 13.1. The van der Waals surface area contributed by atoms with E-state index in [0.717, 1.165) is 0 Å². The predicted octanol–water partition coefficient (Wildman–Crippen LogP) is 6.43. The Labute approximate surface area is 226 Å². The normalized spacial score (nSPS) is 12.4. The lowest BCUT2D eigenvalue weighted by molar-refractivity contribution is -0.387. The molecule has 3 aromatic carbocycles. The third-order valence-corrected chi connectivity index (χ3v) is 8.06. The molecule has 0 aliphatic carbocycles. The van der Waals surface area contributed by atoms with Crippen LogP contribution in [0.4, 0.5) is 11.4 Å². The van der Waals surface area contributed by atoms with E-state index in [1.807, 2.05) is 0 Å². The third-order valence-electron chi connectivity index (χ3n) is 5.44. The van der Waals surface area contributed by atoms with E-state index in [1.165, 1.54) is 53.9 Å². The predicted molar refractivity (Wildman–Crippen MR) is 144 cm³/mol. The van der Waals surface area contributed by atoms with Crippen LogP contribution in [0, 0.1) is 20.2 Å². The monoisotopic (exact) mass is 556 g/mol. The van der Waals surface area contributed by atoms with Crippen LogP contribution in [-0.4, -0.2) is 44.5 Å². The van der Waals surface area contributed by atoms with Crippen LogP contribution >= 0.6 is 23.5 Å². The number of nitro benzene ring substituents is 2. The minimum Gasteiger partial charge on any atom is -0.478 e. The number of carbonyl (C=O) groups excluding carboxylic acids is 1. The zero-order valence-corrected chi connectivity index (χ0v) is 22.1. The van der Waals surface area contributed by atoms with E-state index in [4.69, 9.17) is 4.74 Å². The van der Waals surface area contributed by atoms with Gasteiger partial charge in [-0.25, -0.2) is 9.59 Å². The summed E-state index contributed by atoms with van der Waals surface area (Å²) in [5.41, 5.74) is 0.563. The molecular formula is C26H24N2O8S2. The van der Waals surface area contributed by atoms with Gasteiger partial charge in [0, 0.05) is 23.6 Å². The first-order valence-corrected chi connectivity index (χ1v) is 13.4. The largest absolute Gasteiger partial charge is 0.478 e. The standard InChI is InChI=1S/C26H24N2O8S2/c1-16(14-37-23-9-5-3-7-21(23)27(32)33)20-13-18(25(29)30)11-12-19(20)26(31)36-17(2)15-38-24-10-6-4-8-22(24)28(34)35/h3-13,16-17H,14-15H2,1-2H3,(H,29,30). The SMILES string of the molecule is CC(CSc1ccccc1[N+](=O)[O-])OC(=O)c1ccc(C(=O)O)cc1C(C)CSc1ccccc1[N+](=O)[O-]. The van der Waals surface area contributed by atoms with E-state index in [9.17, 15) is 34.9 Å². The second-order valence-electron chi connectivity index (χ2n) is 8.30. The molecule has 0 spiro atoms. The Morgan fingerprint density at radius 2 is 1.39 bits per heavy atom. The Kier molecular flexibility index (Phi) is 9.85. The van der Waals surface area contributed by atoms with Gasteiger partial charge in [-0.05, 0) is 48.7 Å². The van der Waals surface area contributed by atoms with Gasteiger partial charge < -0.3 is 9.84 Å². The van der Waals surface area contributed by atoms with Crippen molar-refractivity contribution < 1.29 is 29.3 Å². The smallest absolute Gasteiger partial charge is 0.338 e. The van der Waals surface area contributed by atoms with Gasteiger partial charge in [0.05, 0.1) is 30.8 Å². The van der Waals surface area contributed by atoms with Gasteiger partial charge in [-0.3, -0.25) is 20.2 Å². The average molecular weight is 557 g/mol. The summed E-state index contributed by atoms with van der Waals surface area (Å²) in [4.78, 5) is 47.2. The fourth-order valence-electron chi connectivity index (χ4n) is 3.54. The van der Waals surface area contributed by atoms with Crippen LogP contribution in [0.15, 0.2) is 76.5 Å². The minimum absolute atomic E-state index is 0.000849. The molecule has 2 atom stereocenters. The lowest BCUT2D eigenvalue weighted by atomic mass is 9.94. The Morgan fingerprint density at radius 3 is 1.92 bits per heavy atom. The zero-order chi connectivity index (χ0) is 27.8. The molecule has 10 nitrogen and oxygen atoms in total. The number of ether oxygens (including phenoxy) is 1. The van der Waals surface area contributed by atoms with Crippen molar-refractivity contribution in [3.8, 4) is 0 Å². The number of esters is 1. The molecule has 0 aromatic heterocycles. The molecule has 0 saturated carbocycles. The second-order valence-corrected chi connectivity index (χ2v) is 10.4. The molecule has 0 saturated heterocycles. The second kappa shape index (κ2) is 13.1. The van der Waals surface area contributed by atoms with Crippen LogP contribution in [0.25, 0.3) is 0 Å². The molecule has 0 bridgehead atoms. The number of carbonyl (C=O) groups is 2. The maximum Gasteiger partial charge on any atom is 0.338 e. The first-order valence-electron chi connectivity index (χ1n) is 11.4. The lowest BCUT2D eigenvalue weighted by Gasteiger charge is -2.19. The molecule has 12 heteroatoms. The molecule has 0 amide bonds. The number of nitro groups is 2. The highest BCUT2D eigenvalue weighted by Crippen LogP contribution is 2.34. The fourth-order valence-corrected chi connectivity index (χ4v) is 5.56. The first kappa shape index (κ1) is 28.7. The highest BCUT2D eigenvalue weighted by atomic mass is 32.2. The first-order chi connectivity index (χ1) is 18.1. The van der Waals surface area contributed by atoms with Gasteiger partial charge in [-0.15, -0.1) is 23.5 Å². The average Bonchev–Trinajstić information content (AvgIpc) is 2.90. The molecule has 198 valence electrons. The number of aromatic carboxylic acids is 1. The summed E-state index contributed by atoms with van der Waals surface area (Å²) in [5, 5.41) is 32.0. The number of carboxylic acid groups (broad SMARTS) is 1. The summed E-state index contributed by atoms with van der Waals surface area (Å²) in [7, 11) is 0. The molecule has 3 rings (SSSR count). The highest BCUT2D eigenvalue weighted by Gasteiger charge is 2.23. The zero-order valence-electron chi connectivity index (χ0n) is 20.4. The van der Waals surface area contributed by atoms with Crippen LogP contribution in [0.3, 0.4) is 0 Å². The van der Waals surface area contributed by atoms with Gasteiger partial charge in [-0.2, -0.15) is 0 Å². The van der Waals surface area contributed by atoms with Crippen molar-refractivity contribution in [1.82, 2.24) is 0 Å². The van der Waals surface area contributed by atoms with Crippen LogP contribution in [0.5, 0.6) is 0 Å². The number of carboxylic acids is 1. The van der Waals surface area contributed by atoms with Gasteiger partial charge in [0.15, 0.2) is 0 Å². The third kappa shape index (κ3) is 7.33. The Hall–Kier alpha value is -3.90. The van der Waals surface area contributed by atoms with Crippen molar-refractivity contribution in [2.75, 3.05) is 11.5 Å². The number of nitrogens with zero attached hydrogens (tertiary/aromatic N) is 2. The summed E-state index contributed by atoms with van der Waals surface area (Å²) in [6.45, 7) is 3.46. The summed E-state index contributed by atoms with van der Waals surface area (Å²) in [6, 6.07) is 16.7. The van der Waals surface area contributed by atoms with E-state index in [2.05, 4.69) is 0 Å². The molecule has 0 fully saturated rings. The Bertz CT molecular complexity index is 1360. The molecule has 38 heavy (non-hydrogen) atoms. The van der Waals surface area contributed by atoms with E-state index >= 15 is 0 Å². The Morgan fingerprint density at radius 1 is 0.868 bits per heavy atom. The number of hydrogen-bond donors (Lipinski definition) is 1. The van der Waals surface area contributed by atoms with Crippen LogP contribution < -0.4 is 0 Å². The number of thioether (sulfide) groups is 2. The van der Waals surface area contributed by atoms with Crippen molar-refractivity contribution in [2.24, 2.45) is 0 Å². The van der Waals surface area contributed by atoms with E-state index < -0.39 is 27.9 Å². The summed E-state index contributed by atoms with van der Waals surface area (Å²) >= 11 is 2.43. The molecule has 2 unspecified atom stereocenters. The van der Waals surface area contributed by atoms with Crippen molar-refractivity contribution in [2.45, 2.75) is 35.7 Å². The van der Waals surface area contributed by atoms with Gasteiger partial charge in [0.1, 0.15) is 6.10 Å². The molecule has 0 aliphatic rings. The Balaban J connectivity index is 1.75. The number of rotatable bonds is 12. The van der Waals surface area contributed by atoms with Gasteiger partial charge >= 0.3 is 11.9 Å². The quantitative estimate of drug-likeness (QED) is 0.114. The summed E-state index contributed by atoms with van der Waals surface area (Å²) in [6.07, 6.45) is -0.601.